The summed E-state index contributed by atoms with van der Waals surface area (Å²) in [5.74, 6) is -1.10. The summed E-state index contributed by atoms with van der Waals surface area (Å²) in [7, 11) is 0. The van der Waals surface area contributed by atoms with Crippen molar-refractivity contribution < 1.29 is 19.9 Å². The molecule has 1 aromatic heterocycles. The molecule has 0 fully saturated rings. The third kappa shape index (κ3) is 4.99. The number of nitrogens with zero attached hydrogens (tertiary/aromatic N) is 2. The highest BCUT2D eigenvalue weighted by Gasteiger charge is 2.22. The van der Waals surface area contributed by atoms with Crippen LogP contribution in [0.4, 0.5) is 11.5 Å². The molecule has 1 aromatic rings. The monoisotopic (exact) mass is 297 g/mol. The molecule has 1 rings (SSSR count). The van der Waals surface area contributed by atoms with Crippen LogP contribution in [0.3, 0.4) is 0 Å². The molecule has 0 unspecified atom stereocenters. The summed E-state index contributed by atoms with van der Waals surface area (Å²) >= 11 is 0. The summed E-state index contributed by atoms with van der Waals surface area (Å²) in [4.78, 5) is 24.9. The number of nitro groups is 1. The average molecular weight is 297 g/mol. The Bertz CT molecular complexity index is 531. The molecule has 1 heterocycles. The number of carboxylic acids is 1. The van der Waals surface area contributed by atoms with Gasteiger partial charge in [-0.25, -0.2) is 9.78 Å². The first kappa shape index (κ1) is 16.8. The van der Waals surface area contributed by atoms with Crippen molar-refractivity contribution in [1.29, 1.82) is 0 Å². The molecule has 8 nitrogen and oxygen atoms in total. The minimum Gasteiger partial charge on any atom is -0.477 e. The number of carboxylic acid groups (broad SMARTS) is 1. The number of rotatable bonds is 8. The fourth-order valence-corrected chi connectivity index (χ4v) is 1.84. The molecule has 0 radical (unpaired) electrons. The second kappa shape index (κ2) is 6.98. The third-order valence-corrected chi connectivity index (χ3v) is 3.07. The van der Waals surface area contributed by atoms with E-state index in [1.54, 1.807) is 0 Å². The van der Waals surface area contributed by atoms with Gasteiger partial charge in [0.2, 0.25) is 0 Å². The van der Waals surface area contributed by atoms with Gasteiger partial charge < -0.3 is 15.5 Å². The average Bonchev–Trinajstić information content (AvgIpc) is 2.42. The van der Waals surface area contributed by atoms with Crippen LogP contribution in [0.15, 0.2) is 12.3 Å². The number of pyridine rings is 1. The summed E-state index contributed by atoms with van der Waals surface area (Å²) in [5, 5.41) is 31.5. The Labute approximate surface area is 122 Å². The highest BCUT2D eigenvalue weighted by atomic mass is 16.6. The van der Waals surface area contributed by atoms with Crippen LogP contribution in [-0.4, -0.2) is 39.2 Å². The van der Waals surface area contributed by atoms with E-state index in [4.69, 9.17) is 10.2 Å². The van der Waals surface area contributed by atoms with E-state index in [2.05, 4.69) is 10.3 Å². The first-order valence-electron chi connectivity index (χ1n) is 6.49. The zero-order valence-electron chi connectivity index (χ0n) is 12.0. The van der Waals surface area contributed by atoms with Gasteiger partial charge in [0.05, 0.1) is 4.92 Å². The van der Waals surface area contributed by atoms with E-state index in [0.29, 0.717) is 13.0 Å². The normalized spacial score (nSPS) is 11.2. The lowest BCUT2D eigenvalue weighted by Crippen LogP contribution is -2.24. The maximum absolute atomic E-state index is 11.0. The smallest absolute Gasteiger partial charge is 0.342 e. The van der Waals surface area contributed by atoms with E-state index in [-0.39, 0.29) is 17.8 Å². The van der Waals surface area contributed by atoms with Crippen LogP contribution >= 0.6 is 0 Å². The number of aliphatic hydroxyl groups excluding tert-OH is 1. The number of nitrogens with one attached hydrogen (secondary N) is 1. The molecule has 116 valence electrons. The van der Waals surface area contributed by atoms with Crippen LogP contribution in [0.2, 0.25) is 0 Å². The van der Waals surface area contributed by atoms with Crippen LogP contribution in [0.1, 0.15) is 37.0 Å². The van der Waals surface area contributed by atoms with Crippen molar-refractivity contribution in [2.24, 2.45) is 5.41 Å². The SMILES string of the molecule is CC(C)(CCCO)CNc1cc(C(=O)O)c([N+](=O)[O-])cn1. The number of aromatic carboxylic acids is 1. The predicted octanol–water partition coefficient (Wildman–Crippen LogP) is 1.90. The van der Waals surface area contributed by atoms with Gasteiger partial charge in [0.1, 0.15) is 17.6 Å². The molecule has 0 bridgehead atoms. The fraction of sp³-hybridized carbons (Fsp3) is 0.538. The lowest BCUT2D eigenvalue weighted by Gasteiger charge is -2.24. The summed E-state index contributed by atoms with van der Waals surface area (Å²) in [6.07, 6.45) is 2.39. The molecule has 3 N–H and O–H groups in total. The second-order valence-corrected chi connectivity index (χ2v) is 5.49. The number of hydrogen-bond acceptors (Lipinski definition) is 6. The molecule has 0 aromatic carbocycles. The summed E-state index contributed by atoms with van der Waals surface area (Å²) in [6.45, 7) is 4.62. The van der Waals surface area contributed by atoms with E-state index >= 15 is 0 Å². The van der Waals surface area contributed by atoms with Crippen LogP contribution in [-0.2, 0) is 0 Å². The molecule has 0 saturated heterocycles. The summed E-state index contributed by atoms with van der Waals surface area (Å²) < 4.78 is 0. The van der Waals surface area contributed by atoms with Gasteiger partial charge in [-0.3, -0.25) is 10.1 Å². The first-order chi connectivity index (χ1) is 9.76. The van der Waals surface area contributed by atoms with Gasteiger partial charge >= 0.3 is 11.7 Å². The van der Waals surface area contributed by atoms with Crippen molar-refractivity contribution in [3.05, 3.63) is 27.9 Å². The zero-order valence-corrected chi connectivity index (χ0v) is 12.0. The van der Waals surface area contributed by atoms with E-state index in [1.165, 1.54) is 0 Å². The number of hydrogen-bond donors (Lipinski definition) is 3. The molecule has 0 saturated carbocycles. The molecule has 8 heteroatoms. The minimum atomic E-state index is -1.37. The van der Waals surface area contributed by atoms with Gasteiger partial charge in [-0.05, 0) is 18.3 Å². The van der Waals surface area contributed by atoms with Gasteiger partial charge in [-0.15, -0.1) is 0 Å². The van der Waals surface area contributed by atoms with Crippen LogP contribution in [0.25, 0.3) is 0 Å². The predicted molar refractivity (Wildman–Crippen MR) is 76.4 cm³/mol. The second-order valence-electron chi connectivity index (χ2n) is 5.49. The summed E-state index contributed by atoms with van der Waals surface area (Å²) in [6, 6.07) is 1.16. The van der Waals surface area contributed by atoms with Crippen LogP contribution in [0, 0.1) is 15.5 Å². The topological polar surface area (TPSA) is 126 Å². The number of anilines is 1. The van der Waals surface area contributed by atoms with E-state index in [1.807, 2.05) is 13.8 Å². The number of aliphatic hydroxyl groups is 1. The molecule has 0 spiro atoms. The van der Waals surface area contributed by atoms with Crippen LogP contribution in [0.5, 0.6) is 0 Å². The maximum Gasteiger partial charge on any atom is 0.342 e. The van der Waals surface area contributed by atoms with E-state index in [0.717, 1.165) is 18.7 Å². The highest BCUT2D eigenvalue weighted by molar-refractivity contribution is 5.93. The molecule has 21 heavy (non-hydrogen) atoms. The number of aromatic nitrogens is 1. The molecular formula is C13H19N3O5. The van der Waals surface area contributed by atoms with Gasteiger partial charge in [0, 0.05) is 19.2 Å². The molecular weight excluding hydrogens is 278 g/mol. The number of carbonyl (C=O) groups is 1. The molecule has 0 aliphatic heterocycles. The molecule has 0 aliphatic carbocycles. The van der Waals surface area contributed by atoms with Crippen molar-refractivity contribution in [3.8, 4) is 0 Å². The highest BCUT2D eigenvalue weighted by Crippen LogP contribution is 2.24. The van der Waals surface area contributed by atoms with Gasteiger partial charge in [-0.2, -0.15) is 0 Å². The molecule has 0 atom stereocenters. The summed E-state index contributed by atoms with van der Waals surface area (Å²) in [5.41, 5.74) is -1.05. The van der Waals surface area contributed by atoms with Crippen molar-refractivity contribution in [1.82, 2.24) is 4.98 Å². The van der Waals surface area contributed by atoms with E-state index in [9.17, 15) is 14.9 Å². The fourth-order valence-electron chi connectivity index (χ4n) is 1.84. The van der Waals surface area contributed by atoms with Crippen molar-refractivity contribution >= 4 is 17.5 Å². The van der Waals surface area contributed by atoms with Crippen molar-refractivity contribution in [2.75, 3.05) is 18.5 Å². The molecule has 0 amide bonds. The Morgan fingerprint density at radius 2 is 2.19 bits per heavy atom. The lowest BCUT2D eigenvalue weighted by atomic mass is 9.88. The zero-order chi connectivity index (χ0) is 16.0. The quantitative estimate of drug-likeness (QED) is 0.494. The van der Waals surface area contributed by atoms with E-state index < -0.39 is 22.1 Å². The standard InChI is InChI=1S/C13H19N3O5/c1-13(2,4-3-5-17)8-15-11-6-9(12(18)19)10(7-14-11)16(20)21/h6-7,17H,3-5,8H2,1-2H3,(H,14,15)(H,18,19). The largest absolute Gasteiger partial charge is 0.477 e. The molecule has 0 aliphatic rings. The third-order valence-electron chi connectivity index (χ3n) is 3.07. The Morgan fingerprint density at radius 3 is 2.71 bits per heavy atom. The minimum absolute atomic E-state index is 0.113. The Hall–Kier alpha value is -2.22. The Morgan fingerprint density at radius 1 is 1.52 bits per heavy atom. The Kier molecular flexibility index (Phi) is 5.60. The van der Waals surface area contributed by atoms with Gasteiger partial charge in [-0.1, -0.05) is 13.8 Å². The Balaban J connectivity index is 2.83. The lowest BCUT2D eigenvalue weighted by molar-refractivity contribution is -0.385. The van der Waals surface area contributed by atoms with Crippen LogP contribution < -0.4 is 5.32 Å². The van der Waals surface area contributed by atoms with Gasteiger partial charge in [0.25, 0.3) is 0 Å². The van der Waals surface area contributed by atoms with Gasteiger partial charge in [0.15, 0.2) is 0 Å². The maximum atomic E-state index is 11.0. The van der Waals surface area contributed by atoms with Crippen molar-refractivity contribution in [3.63, 3.8) is 0 Å². The van der Waals surface area contributed by atoms with Crippen molar-refractivity contribution in [2.45, 2.75) is 26.7 Å². The first-order valence-corrected chi connectivity index (χ1v) is 6.49.